The van der Waals surface area contributed by atoms with Gasteiger partial charge in [-0.15, -0.1) is 6.58 Å². The van der Waals surface area contributed by atoms with Gasteiger partial charge in [-0.25, -0.2) is 4.79 Å². The fourth-order valence-electron chi connectivity index (χ4n) is 3.48. The van der Waals surface area contributed by atoms with Crippen molar-refractivity contribution in [1.29, 1.82) is 0 Å². The van der Waals surface area contributed by atoms with Crippen molar-refractivity contribution >= 4 is 34.5 Å². The lowest BCUT2D eigenvalue weighted by Gasteiger charge is -2.29. The van der Waals surface area contributed by atoms with Crippen molar-refractivity contribution < 1.29 is 14.4 Å². The SMILES string of the molecule is C=CCN1C(=O)NC(=O)C(C(C)=N[C@@H](CC)Cc2c[nH]c3ccccc23)C1=O. The topological polar surface area (TPSA) is 94.6 Å². The minimum atomic E-state index is -1.09. The number of aromatic nitrogens is 1. The van der Waals surface area contributed by atoms with Crippen LogP contribution in [0.4, 0.5) is 4.79 Å². The van der Waals surface area contributed by atoms with Gasteiger partial charge in [-0.2, -0.15) is 0 Å². The molecule has 1 saturated heterocycles. The third-order valence-corrected chi connectivity index (χ3v) is 4.97. The number of amides is 4. The summed E-state index contributed by atoms with van der Waals surface area (Å²) in [7, 11) is 0. The Hall–Kier alpha value is -3.22. The number of carbonyl (C=O) groups excluding carboxylic acids is 3. The Labute approximate surface area is 163 Å². The highest BCUT2D eigenvalue weighted by atomic mass is 16.2. The number of H-pyrrole nitrogens is 1. The molecule has 146 valence electrons. The van der Waals surface area contributed by atoms with Crippen LogP contribution in [-0.2, 0) is 16.0 Å². The number of aliphatic imine (C=N–C) groups is 1. The Morgan fingerprint density at radius 1 is 1.32 bits per heavy atom. The number of carbonyl (C=O) groups is 3. The molecule has 2 atom stereocenters. The number of rotatable bonds is 7. The van der Waals surface area contributed by atoms with Crippen LogP contribution in [0.25, 0.3) is 10.9 Å². The number of nitrogens with zero attached hydrogens (tertiary/aromatic N) is 2. The number of nitrogens with one attached hydrogen (secondary N) is 2. The van der Waals surface area contributed by atoms with Gasteiger partial charge in [0, 0.05) is 29.4 Å². The zero-order chi connectivity index (χ0) is 20.3. The van der Waals surface area contributed by atoms with Gasteiger partial charge in [0.25, 0.3) is 0 Å². The monoisotopic (exact) mass is 380 g/mol. The first kappa shape index (κ1) is 19.5. The van der Waals surface area contributed by atoms with Crippen molar-refractivity contribution in [3.05, 3.63) is 48.7 Å². The zero-order valence-corrected chi connectivity index (χ0v) is 16.1. The van der Waals surface area contributed by atoms with E-state index >= 15 is 0 Å². The number of urea groups is 1. The average Bonchev–Trinajstić information content (AvgIpc) is 3.07. The molecule has 0 aliphatic carbocycles. The molecule has 1 aromatic carbocycles. The van der Waals surface area contributed by atoms with Gasteiger partial charge in [0.15, 0.2) is 5.92 Å². The third kappa shape index (κ3) is 3.74. The molecule has 1 aliphatic rings. The first-order valence-corrected chi connectivity index (χ1v) is 9.32. The molecule has 2 N–H and O–H groups in total. The molecule has 7 nitrogen and oxygen atoms in total. The van der Waals surface area contributed by atoms with E-state index in [4.69, 9.17) is 0 Å². The molecule has 0 spiro atoms. The molecule has 0 saturated carbocycles. The summed E-state index contributed by atoms with van der Waals surface area (Å²) in [6.45, 7) is 7.29. The van der Waals surface area contributed by atoms with E-state index in [9.17, 15) is 14.4 Å². The average molecular weight is 380 g/mol. The van der Waals surface area contributed by atoms with Gasteiger partial charge >= 0.3 is 6.03 Å². The molecule has 1 fully saturated rings. The quantitative estimate of drug-likeness (QED) is 0.439. The largest absolute Gasteiger partial charge is 0.361 e. The Morgan fingerprint density at radius 2 is 2.07 bits per heavy atom. The molecule has 1 unspecified atom stereocenters. The lowest BCUT2D eigenvalue weighted by atomic mass is 9.98. The maximum absolute atomic E-state index is 12.7. The fraction of sp³-hybridized carbons (Fsp3) is 0.333. The third-order valence-electron chi connectivity index (χ3n) is 4.97. The van der Waals surface area contributed by atoms with Gasteiger partial charge in [-0.1, -0.05) is 31.2 Å². The summed E-state index contributed by atoms with van der Waals surface area (Å²) in [5, 5.41) is 3.37. The van der Waals surface area contributed by atoms with Crippen molar-refractivity contribution in [2.75, 3.05) is 6.54 Å². The van der Waals surface area contributed by atoms with E-state index in [0.717, 1.165) is 27.8 Å². The molecule has 0 bridgehead atoms. The van der Waals surface area contributed by atoms with Gasteiger partial charge in [-0.3, -0.25) is 24.8 Å². The van der Waals surface area contributed by atoms with Gasteiger partial charge in [0.2, 0.25) is 11.8 Å². The molecular formula is C21H24N4O3. The standard InChI is InChI=1S/C21H24N4O3/c1-4-10-25-20(27)18(19(26)24-21(25)28)13(3)23-15(5-2)11-14-12-22-17-9-7-6-8-16(14)17/h4,6-9,12,15,18,22H,1,5,10-11H2,2-3H3,(H,24,26,28)/t15-,18?/m0/s1. The molecule has 2 heterocycles. The summed E-state index contributed by atoms with van der Waals surface area (Å²) in [4.78, 5) is 45.7. The minimum absolute atomic E-state index is 0.0499. The number of hydrogen-bond acceptors (Lipinski definition) is 4. The maximum Gasteiger partial charge on any atom is 0.331 e. The highest BCUT2D eigenvalue weighted by Crippen LogP contribution is 2.22. The van der Waals surface area contributed by atoms with Crippen LogP contribution >= 0.6 is 0 Å². The van der Waals surface area contributed by atoms with Crippen LogP contribution in [0.15, 0.2) is 48.1 Å². The van der Waals surface area contributed by atoms with E-state index in [1.165, 1.54) is 6.08 Å². The number of aromatic amines is 1. The molecule has 7 heteroatoms. The predicted molar refractivity (Wildman–Crippen MR) is 108 cm³/mol. The number of para-hydroxylation sites is 1. The molecule has 4 amide bonds. The van der Waals surface area contributed by atoms with E-state index in [0.29, 0.717) is 12.1 Å². The maximum atomic E-state index is 12.7. The number of hydrogen-bond donors (Lipinski definition) is 2. The summed E-state index contributed by atoms with van der Waals surface area (Å²) < 4.78 is 0. The smallest absolute Gasteiger partial charge is 0.331 e. The van der Waals surface area contributed by atoms with E-state index < -0.39 is 23.8 Å². The lowest BCUT2D eigenvalue weighted by molar-refractivity contribution is -0.139. The highest BCUT2D eigenvalue weighted by molar-refractivity contribution is 6.27. The van der Waals surface area contributed by atoms with Crippen LogP contribution in [0.1, 0.15) is 25.8 Å². The molecule has 28 heavy (non-hydrogen) atoms. The van der Waals surface area contributed by atoms with E-state index in [-0.39, 0.29) is 12.6 Å². The fourth-order valence-corrected chi connectivity index (χ4v) is 3.48. The Balaban J connectivity index is 1.83. The normalized spacial score (nSPS) is 19.1. The first-order chi connectivity index (χ1) is 13.5. The summed E-state index contributed by atoms with van der Waals surface area (Å²) >= 11 is 0. The van der Waals surface area contributed by atoms with Crippen molar-refractivity contribution in [3.63, 3.8) is 0 Å². The molecular weight excluding hydrogens is 356 g/mol. The Bertz CT molecular complexity index is 959. The highest BCUT2D eigenvalue weighted by Gasteiger charge is 2.41. The molecule has 1 aliphatic heterocycles. The summed E-state index contributed by atoms with van der Waals surface area (Å²) in [5.74, 6) is -2.27. The lowest BCUT2D eigenvalue weighted by Crippen LogP contribution is -2.59. The first-order valence-electron chi connectivity index (χ1n) is 9.32. The summed E-state index contributed by atoms with van der Waals surface area (Å²) in [6, 6.07) is 7.25. The second-order valence-electron chi connectivity index (χ2n) is 6.86. The van der Waals surface area contributed by atoms with Gasteiger partial charge in [0.1, 0.15) is 0 Å². The van der Waals surface area contributed by atoms with E-state index in [2.05, 4.69) is 27.9 Å². The number of fused-ring (bicyclic) bond motifs is 1. The predicted octanol–water partition coefficient (Wildman–Crippen LogP) is 2.83. The molecule has 3 rings (SSSR count). The Kier molecular flexibility index (Phi) is 5.73. The van der Waals surface area contributed by atoms with Crippen molar-refractivity contribution in [1.82, 2.24) is 15.2 Å². The van der Waals surface area contributed by atoms with Crippen LogP contribution in [0.3, 0.4) is 0 Å². The zero-order valence-electron chi connectivity index (χ0n) is 16.1. The van der Waals surface area contributed by atoms with Crippen LogP contribution in [0.2, 0.25) is 0 Å². The summed E-state index contributed by atoms with van der Waals surface area (Å²) in [6.07, 6.45) is 4.87. The van der Waals surface area contributed by atoms with Gasteiger partial charge in [-0.05, 0) is 31.4 Å². The number of barbiturate groups is 1. The van der Waals surface area contributed by atoms with Crippen molar-refractivity contribution in [2.45, 2.75) is 32.7 Å². The van der Waals surface area contributed by atoms with E-state index in [1.807, 2.05) is 31.3 Å². The number of imide groups is 2. The van der Waals surface area contributed by atoms with Crippen LogP contribution in [0.5, 0.6) is 0 Å². The second-order valence-corrected chi connectivity index (χ2v) is 6.86. The van der Waals surface area contributed by atoms with Crippen LogP contribution in [-0.4, -0.2) is 46.0 Å². The Morgan fingerprint density at radius 3 is 2.79 bits per heavy atom. The van der Waals surface area contributed by atoms with Crippen molar-refractivity contribution in [3.8, 4) is 0 Å². The van der Waals surface area contributed by atoms with Gasteiger partial charge < -0.3 is 4.98 Å². The van der Waals surface area contributed by atoms with Crippen molar-refractivity contribution in [2.24, 2.45) is 10.9 Å². The van der Waals surface area contributed by atoms with Gasteiger partial charge in [0.05, 0.1) is 6.04 Å². The van der Waals surface area contributed by atoms with Crippen LogP contribution in [0, 0.1) is 5.92 Å². The number of benzene rings is 1. The van der Waals surface area contributed by atoms with E-state index in [1.54, 1.807) is 6.92 Å². The van der Waals surface area contributed by atoms with Crippen LogP contribution < -0.4 is 5.32 Å². The molecule has 0 radical (unpaired) electrons. The minimum Gasteiger partial charge on any atom is -0.361 e. The molecule has 1 aromatic heterocycles. The second kappa shape index (κ2) is 8.21. The molecule has 2 aromatic rings. The summed E-state index contributed by atoms with van der Waals surface area (Å²) in [5.41, 5.74) is 2.62.